The van der Waals surface area contributed by atoms with Crippen LogP contribution in [0.15, 0.2) is 0 Å². The van der Waals surface area contributed by atoms with Crippen LogP contribution in [0.3, 0.4) is 0 Å². The zero-order chi connectivity index (χ0) is 13.8. The molecule has 0 aromatic carbocycles. The minimum atomic E-state index is -0.483. The van der Waals surface area contributed by atoms with Gasteiger partial charge in [-0.15, -0.1) is 0 Å². The van der Waals surface area contributed by atoms with E-state index >= 15 is 0 Å². The summed E-state index contributed by atoms with van der Waals surface area (Å²) < 4.78 is 9.85. The van der Waals surface area contributed by atoms with Gasteiger partial charge in [-0.1, -0.05) is 64.7 Å². The minimum absolute atomic E-state index is 0.107. The molecular weight excluding hydrogens is 240 g/mol. The second kappa shape index (κ2) is 11.1. The maximum Gasteiger partial charge on any atom is 0.508 e. The van der Waals surface area contributed by atoms with Crippen LogP contribution in [0.1, 0.15) is 84.0 Å². The molecule has 0 aromatic heterocycles. The van der Waals surface area contributed by atoms with E-state index in [2.05, 4.69) is 6.92 Å². The van der Waals surface area contributed by atoms with Gasteiger partial charge in [0.2, 0.25) is 0 Å². The molecule has 1 saturated heterocycles. The van der Waals surface area contributed by atoms with E-state index in [9.17, 15) is 4.79 Å². The third-order valence-electron chi connectivity index (χ3n) is 3.80. The van der Waals surface area contributed by atoms with Crippen molar-refractivity contribution in [3.8, 4) is 0 Å². The molecular formula is C16H30O3. The van der Waals surface area contributed by atoms with Gasteiger partial charge in [0.15, 0.2) is 0 Å². The highest BCUT2D eigenvalue weighted by Gasteiger charge is 2.20. The van der Waals surface area contributed by atoms with E-state index in [1.807, 2.05) is 0 Å². The van der Waals surface area contributed by atoms with Crippen molar-refractivity contribution in [2.75, 3.05) is 6.61 Å². The Morgan fingerprint density at radius 3 is 2.11 bits per heavy atom. The van der Waals surface area contributed by atoms with Gasteiger partial charge < -0.3 is 9.47 Å². The van der Waals surface area contributed by atoms with Crippen LogP contribution in [-0.2, 0) is 9.47 Å². The second-order valence-corrected chi connectivity index (χ2v) is 5.60. The molecule has 0 aromatic rings. The Morgan fingerprint density at radius 2 is 1.53 bits per heavy atom. The Balaban J connectivity index is 1.79. The molecule has 0 saturated carbocycles. The fourth-order valence-electron chi connectivity index (χ4n) is 2.57. The maximum atomic E-state index is 10.9. The first-order chi connectivity index (χ1) is 9.33. The lowest BCUT2D eigenvalue weighted by Gasteiger charge is -2.21. The largest absolute Gasteiger partial charge is 0.508 e. The average Bonchev–Trinajstić information content (AvgIpc) is 2.41. The predicted molar refractivity (Wildman–Crippen MR) is 77.3 cm³/mol. The molecule has 1 atom stereocenters. The normalized spacial score (nSPS) is 19.0. The molecule has 0 aliphatic carbocycles. The molecule has 1 rings (SSSR count). The lowest BCUT2D eigenvalue weighted by atomic mass is 10.0. The highest BCUT2D eigenvalue weighted by atomic mass is 16.7. The smallest absolute Gasteiger partial charge is 0.434 e. The average molecular weight is 270 g/mol. The van der Waals surface area contributed by atoms with Crippen LogP contribution in [-0.4, -0.2) is 18.9 Å². The maximum absolute atomic E-state index is 10.9. The van der Waals surface area contributed by atoms with Gasteiger partial charge in [-0.3, -0.25) is 0 Å². The highest BCUT2D eigenvalue weighted by molar-refractivity contribution is 5.60. The Labute approximate surface area is 118 Å². The highest BCUT2D eigenvalue weighted by Crippen LogP contribution is 2.17. The summed E-state index contributed by atoms with van der Waals surface area (Å²) in [5, 5.41) is 0. The number of cyclic esters (lactones) is 2. The van der Waals surface area contributed by atoms with Gasteiger partial charge in [0.1, 0.15) is 6.10 Å². The second-order valence-electron chi connectivity index (χ2n) is 5.60. The molecule has 0 N–H and O–H groups in total. The molecule has 19 heavy (non-hydrogen) atoms. The van der Waals surface area contributed by atoms with Crippen molar-refractivity contribution in [3.63, 3.8) is 0 Å². The van der Waals surface area contributed by atoms with Crippen LogP contribution in [0.2, 0.25) is 0 Å². The molecule has 1 aliphatic rings. The van der Waals surface area contributed by atoms with Crippen molar-refractivity contribution in [2.24, 2.45) is 0 Å². The van der Waals surface area contributed by atoms with E-state index < -0.39 is 6.16 Å². The van der Waals surface area contributed by atoms with Crippen LogP contribution in [0.5, 0.6) is 0 Å². The van der Waals surface area contributed by atoms with E-state index in [1.54, 1.807) is 0 Å². The third-order valence-corrected chi connectivity index (χ3v) is 3.80. The van der Waals surface area contributed by atoms with E-state index in [-0.39, 0.29) is 6.10 Å². The van der Waals surface area contributed by atoms with Gasteiger partial charge in [-0.05, 0) is 12.8 Å². The first kappa shape index (κ1) is 16.3. The Kier molecular flexibility index (Phi) is 9.56. The van der Waals surface area contributed by atoms with E-state index in [4.69, 9.17) is 9.47 Å². The van der Waals surface area contributed by atoms with Crippen LogP contribution in [0, 0.1) is 0 Å². The molecule has 0 bridgehead atoms. The predicted octanol–water partition coefficient (Wildman–Crippen LogP) is 5.22. The van der Waals surface area contributed by atoms with Gasteiger partial charge in [-0.25, -0.2) is 4.79 Å². The molecule has 1 unspecified atom stereocenters. The molecule has 1 fully saturated rings. The van der Waals surface area contributed by atoms with Crippen molar-refractivity contribution in [1.29, 1.82) is 0 Å². The summed E-state index contributed by atoms with van der Waals surface area (Å²) in [6.07, 6.45) is 14.9. The standard InChI is InChI=1S/C16H30O3/c1-2-3-4-5-6-7-8-9-10-11-12-15-13-14-18-16(17)19-15/h15H,2-14H2,1H3. The summed E-state index contributed by atoms with van der Waals surface area (Å²) in [6.45, 7) is 2.79. The molecule has 0 spiro atoms. The van der Waals surface area contributed by atoms with E-state index in [1.165, 1.54) is 64.2 Å². The fraction of sp³-hybridized carbons (Fsp3) is 0.938. The Bertz CT molecular complexity index is 228. The fourth-order valence-corrected chi connectivity index (χ4v) is 2.57. The molecule has 0 radical (unpaired) electrons. The zero-order valence-corrected chi connectivity index (χ0v) is 12.5. The summed E-state index contributed by atoms with van der Waals surface area (Å²) >= 11 is 0. The summed E-state index contributed by atoms with van der Waals surface area (Å²) in [7, 11) is 0. The Morgan fingerprint density at radius 1 is 0.947 bits per heavy atom. The topological polar surface area (TPSA) is 35.5 Å². The molecule has 1 aliphatic heterocycles. The summed E-state index contributed by atoms with van der Waals surface area (Å²) in [6, 6.07) is 0. The van der Waals surface area contributed by atoms with Crippen molar-refractivity contribution < 1.29 is 14.3 Å². The van der Waals surface area contributed by atoms with Crippen molar-refractivity contribution >= 4 is 6.16 Å². The first-order valence-corrected chi connectivity index (χ1v) is 8.16. The van der Waals surface area contributed by atoms with Crippen molar-refractivity contribution in [1.82, 2.24) is 0 Å². The van der Waals surface area contributed by atoms with Gasteiger partial charge in [-0.2, -0.15) is 0 Å². The van der Waals surface area contributed by atoms with Gasteiger partial charge >= 0.3 is 6.16 Å². The number of hydrogen-bond donors (Lipinski definition) is 0. The number of hydrogen-bond acceptors (Lipinski definition) is 3. The first-order valence-electron chi connectivity index (χ1n) is 8.16. The van der Waals surface area contributed by atoms with Gasteiger partial charge in [0.25, 0.3) is 0 Å². The van der Waals surface area contributed by atoms with E-state index in [0.717, 1.165) is 12.8 Å². The lowest BCUT2D eigenvalue weighted by Crippen LogP contribution is -2.27. The molecule has 3 heteroatoms. The summed E-state index contributed by atoms with van der Waals surface area (Å²) in [5.41, 5.74) is 0. The SMILES string of the molecule is CCCCCCCCCCCCC1CCOC(=O)O1. The lowest BCUT2D eigenvalue weighted by molar-refractivity contribution is -0.0257. The zero-order valence-electron chi connectivity index (χ0n) is 12.5. The Hall–Kier alpha value is -0.730. The quantitative estimate of drug-likeness (QED) is 0.381. The number of rotatable bonds is 11. The molecule has 1 heterocycles. The van der Waals surface area contributed by atoms with Crippen LogP contribution < -0.4 is 0 Å². The number of unbranched alkanes of at least 4 members (excludes halogenated alkanes) is 9. The third kappa shape index (κ3) is 8.90. The number of carbonyl (C=O) groups excluding carboxylic acids is 1. The monoisotopic (exact) mass is 270 g/mol. The summed E-state index contributed by atoms with van der Waals surface area (Å²) in [5.74, 6) is 0. The molecule has 112 valence electrons. The number of ether oxygens (including phenoxy) is 2. The van der Waals surface area contributed by atoms with Gasteiger partial charge in [0, 0.05) is 6.42 Å². The van der Waals surface area contributed by atoms with Gasteiger partial charge in [0.05, 0.1) is 6.61 Å². The number of carbonyl (C=O) groups is 1. The van der Waals surface area contributed by atoms with Crippen LogP contribution in [0.4, 0.5) is 4.79 Å². The van der Waals surface area contributed by atoms with Crippen LogP contribution >= 0.6 is 0 Å². The summed E-state index contributed by atoms with van der Waals surface area (Å²) in [4.78, 5) is 10.9. The van der Waals surface area contributed by atoms with Crippen molar-refractivity contribution in [2.45, 2.75) is 90.1 Å². The van der Waals surface area contributed by atoms with Crippen molar-refractivity contribution in [3.05, 3.63) is 0 Å². The molecule has 3 nitrogen and oxygen atoms in total. The minimum Gasteiger partial charge on any atom is -0.434 e. The van der Waals surface area contributed by atoms with Crippen LogP contribution in [0.25, 0.3) is 0 Å². The van der Waals surface area contributed by atoms with E-state index in [0.29, 0.717) is 6.61 Å². The molecule has 0 amide bonds.